The van der Waals surface area contributed by atoms with Gasteiger partial charge in [0.2, 0.25) is 0 Å². The van der Waals surface area contributed by atoms with Gasteiger partial charge in [0.25, 0.3) is 0 Å². The van der Waals surface area contributed by atoms with Crippen LogP contribution in [0.1, 0.15) is 26.0 Å². The van der Waals surface area contributed by atoms with E-state index in [-0.39, 0.29) is 0 Å². The second-order valence-corrected chi connectivity index (χ2v) is 4.47. The molecule has 13 heavy (non-hydrogen) atoms. The lowest BCUT2D eigenvalue weighted by Gasteiger charge is -2.07. The van der Waals surface area contributed by atoms with E-state index in [2.05, 4.69) is 18.8 Å². The second-order valence-electron chi connectivity index (χ2n) is 3.01. The van der Waals surface area contributed by atoms with Gasteiger partial charge in [-0.2, -0.15) is 0 Å². The Morgan fingerprint density at radius 3 is 2.92 bits per heavy atom. The third-order valence-electron chi connectivity index (χ3n) is 1.89. The fraction of sp³-hybridized carbons (Fsp3) is 0.500. The molecule has 0 bridgehead atoms. The summed E-state index contributed by atoms with van der Waals surface area (Å²) in [5.74, 6) is 0. The standard InChI is InChI=1S/C10H16N2S/c1-3-8(2)13-10-6-4-5-9(7-11)12-10/h4-6,8H,3,7,11H2,1-2H3. The van der Waals surface area contributed by atoms with Gasteiger partial charge in [0.1, 0.15) is 0 Å². The second kappa shape index (κ2) is 5.25. The molecular weight excluding hydrogens is 180 g/mol. The van der Waals surface area contributed by atoms with Gasteiger partial charge in [-0.05, 0) is 18.6 Å². The fourth-order valence-corrected chi connectivity index (χ4v) is 1.83. The Morgan fingerprint density at radius 2 is 2.31 bits per heavy atom. The van der Waals surface area contributed by atoms with Crippen molar-refractivity contribution in [2.45, 2.75) is 37.1 Å². The van der Waals surface area contributed by atoms with Gasteiger partial charge in [-0.1, -0.05) is 19.9 Å². The molecule has 0 spiro atoms. The van der Waals surface area contributed by atoms with E-state index < -0.39 is 0 Å². The molecule has 0 amide bonds. The molecule has 0 aliphatic heterocycles. The van der Waals surface area contributed by atoms with Crippen LogP contribution >= 0.6 is 11.8 Å². The Morgan fingerprint density at radius 1 is 1.54 bits per heavy atom. The van der Waals surface area contributed by atoms with Gasteiger partial charge in [0.05, 0.1) is 10.7 Å². The summed E-state index contributed by atoms with van der Waals surface area (Å²) in [5, 5.41) is 1.71. The van der Waals surface area contributed by atoms with Crippen molar-refractivity contribution in [3.05, 3.63) is 23.9 Å². The van der Waals surface area contributed by atoms with Crippen molar-refractivity contribution in [2.75, 3.05) is 0 Å². The summed E-state index contributed by atoms with van der Waals surface area (Å²) >= 11 is 1.81. The first-order valence-corrected chi connectivity index (χ1v) is 5.47. The summed E-state index contributed by atoms with van der Waals surface area (Å²) in [6.45, 7) is 4.92. The smallest absolute Gasteiger partial charge is 0.0966 e. The highest BCUT2D eigenvalue weighted by Crippen LogP contribution is 2.22. The lowest BCUT2D eigenvalue weighted by atomic mass is 10.4. The number of hydrogen-bond donors (Lipinski definition) is 1. The van der Waals surface area contributed by atoms with Crippen LogP contribution in [0.3, 0.4) is 0 Å². The Bertz CT molecular complexity index is 263. The molecule has 0 radical (unpaired) electrons. The molecule has 0 saturated carbocycles. The van der Waals surface area contributed by atoms with Gasteiger partial charge in [-0.15, -0.1) is 11.8 Å². The summed E-state index contributed by atoms with van der Waals surface area (Å²) in [6.07, 6.45) is 1.17. The molecule has 0 saturated heterocycles. The minimum atomic E-state index is 0.523. The number of hydrogen-bond acceptors (Lipinski definition) is 3. The molecule has 2 nitrogen and oxygen atoms in total. The van der Waals surface area contributed by atoms with E-state index in [0.29, 0.717) is 11.8 Å². The molecule has 0 aromatic carbocycles. The molecule has 72 valence electrons. The molecule has 2 N–H and O–H groups in total. The van der Waals surface area contributed by atoms with Gasteiger partial charge >= 0.3 is 0 Å². The number of nitrogens with zero attached hydrogens (tertiary/aromatic N) is 1. The predicted molar refractivity (Wildman–Crippen MR) is 57.7 cm³/mol. The van der Waals surface area contributed by atoms with Gasteiger partial charge in [-0.3, -0.25) is 0 Å². The van der Waals surface area contributed by atoms with Crippen molar-refractivity contribution in [2.24, 2.45) is 5.73 Å². The molecule has 0 aliphatic carbocycles. The van der Waals surface area contributed by atoms with E-state index in [4.69, 9.17) is 5.73 Å². The summed E-state index contributed by atoms with van der Waals surface area (Å²) < 4.78 is 0. The Balaban J connectivity index is 2.66. The first-order chi connectivity index (χ1) is 6.26. The lowest BCUT2D eigenvalue weighted by Crippen LogP contribution is -2.01. The molecule has 1 unspecified atom stereocenters. The lowest BCUT2D eigenvalue weighted by molar-refractivity contribution is 0.892. The van der Waals surface area contributed by atoms with Crippen molar-refractivity contribution < 1.29 is 0 Å². The zero-order chi connectivity index (χ0) is 9.68. The average Bonchev–Trinajstić information content (AvgIpc) is 2.18. The van der Waals surface area contributed by atoms with Crippen LogP contribution in [0.2, 0.25) is 0 Å². The van der Waals surface area contributed by atoms with Gasteiger partial charge in [0.15, 0.2) is 0 Å². The number of rotatable bonds is 4. The average molecular weight is 196 g/mol. The van der Waals surface area contributed by atoms with Crippen LogP contribution in [-0.2, 0) is 6.54 Å². The molecule has 3 heteroatoms. The van der Waals surface area contributed by atoms with Crippen molar-refractivity contribution in [1.29, 1.82) is 0 Å². The molecule has 1 rings (SSSR count). The molecular formula is C10H16N2S. The topological polar surface area (TPSA) is 38.9 Å². The quantitative estimate of drug-likeness (QED) is 0.752. The van der Waals surface area contributed by atoms with Crippen LogP contribution in [0.5, 0.6) is 0 Å². The third kappa shape index (κ3) is 3.36. The highest BCUT2D eigenvalue weighted by molar-refractivity contribution is 7.99. The summed E-state index contributed by atoms with van der Waals surface area (Å²) in [6, 6.07) is 6.01. The number of pyridine rings is 1. The first-order valence-electron chi connectivity index (χ1n) is 4.59. The maximum absolute atomic E-state index is 5.51. The van der Waals surface area contributed by atoms with Crippen LogP contribution in [0, 0.1) is 0 Å². The van der Waals surface area contributed by atoms with E-state index in [1.54, 1.807) is 11.8 Å². The minimum Gasteiger partial charge on any atom is -0.325 e. The van der Waals surface area contributed by atoms with E-state index in [1.807, 2.05) is 18.2 Å². The van der Waals surface area contributed by atoms with Gasteiger partial charge in [-0.25, -0.2) is 4.98 Å². The SMILES string of the molecule is CCC(C)Sc1cccc(CN)n1. The van der Waals surface area contributed by atoms with E-state index in [0.717, 1.165) is 10.7 Å². The predicted octanol–water partition coefficient (Wildman–Crippen LogP) is 2.43. The van der Waals surface area contributed by atoms with Crippen LogP contribution in [0.4, 0.5) is 0 Å². The Hall–Kier alpha value is -0.540. The van der Waals surface area contributed by atoms with E-state index in [9.17, 15) is 0 Å². The third-order valence-corrected chi connectivity index (χ3v) is 3.09. The fourth-order valence-electron chi connectivity index (χ4n) is 0.926. The van der Waals surface area contributed by atoms with E-state index in [1.165, 1.54) is 6.42 Å². The molecule has 1 aromatic rings. The van der Waals surface area contributed by atoms with Crippen LogP contribution in [-0.4, -0.2) is 10.2 Å². The highest BCUT2D eigenvalue weighted by Gasteiger charge is 2.02. The monoisotopic (exact) mass is 196 g/mol. The van der Waals surface area contributed by atoms with Crippen LogP contribution < -0.4 is 5.73 Å². The normalized spacial score (nSPS) is 12.8. The molecule has 1 atom stereocenters. The van der Waals surface area contributed by atoms with Crippen LogP contribution in [0.15, 0.2) is 23.2 Å². The van der Waals surface area contributed by atoms with Crippen molar-refractivity contribution in [3.8, 4) is 0 Å². The summed E-state index contributed by atoms with van der Waals surface area (Å²) in [7, 11) is 0. The largest absolute Gasteiger partial charge is 0.325 e. The number of thioether (sulfide) groups is 1. The number of aromatic nitrogens is 1. The van der Waals surface area contributed by atoms with Gasteiger partial charge < -0.3 is 5.73 Å². The maximum Gasteiger partial charge on any atom is 0.0966 e. The van der Waals surface area contributed by atoms with Crippen molar-refractivity contribution in [1.82, 2.24) is 4.98 Å². The molecule has 1 heterocycles. The zero-order valence-corrected chi connectivity index (χ0v) is 8.97. The molecule has 0 fully saturated rings. The summed E-state index contributed by atoms with van der Waals surface area (Å²) in [5.41, 5.74) is 6.48. The van der Waals surface area contributed by atoms with E-state index >= 15 is 0 Å². The van der Waals surface area contributed by atoms with Crippen molar-refractivity contribution in [3.63, 3.8) is 0 Å². The van der Waals surface area contributed by atoms with Gasteiger partial charge in [0, 0.05) is 11.8 Å². The zero-order valence-electron chi connectivity index (χ0n) is 8.16. The minimum absolute atomic E-state index is 0.523. The Labute approximate surface area is 83.9 Å². The highest BCUT2D eigenvalue weighted by atomic mass is 32.2. The molecule has 0 aliphatic rings. The Kier molecular flexibility index (Phi) is 4.25. The summed E-state index contributed by atoms with van der Waals surface area (Å²) in [4.78, 5) is 4.42. The van der Waals surface area contributed by atoms with Crippen LogP contribution in [0.25, 0.3) is 0 Å². The first kappa shape index (κ1) is 10.5. The number of nitrogens with two attached hydrogens (primary N) is 1. The molecule has 1 aromatic heterocycles. The maximum atomic E-state index is 5.51. The van der Waals surface area contributed by atoms with Crippen molar-refractivity contribution >= 4 is 11.8 Å².